The quantitative estimate of drug-likeness (QED) is 0.361. The first-order chi connectivity index (χ1) is 13.2. The van der Waals surface area contributed by atoms with Crippen LogP contribution < -0.4 is 5.32 Å². The zero-order valence-corrected chi connectivity index (χ0v) is 18.9. The van der Waals surface area contributed by atoms with Gasteiger partial charge in [0.2, 0.25) is 0 Å². The second-order valence-electron chi connectivity index (χ2n) is 6.88. The summed E-state index contributed by atoms with van der Waals surface area (Å²) in [7, 11) is 0. The molecule has 3 rings (SSSR count). The number of nitrogens with zero attached hydrogens (tertiary/aromatic N) is 4. The molecule has 1 saturated heterocycles. The fraction of sp³-hybridized carbons (Fsp3) is 0.500. The van der Waals surface area contributed by atoms with Gasteiger partial charge in [-0.3, -0.25) is 9.89 Å². The van der Waals surface area contributed by atoms with Gasteiger partial charge in [0, 0.05) is 45.3 Å². The van der Waals surface area contributed by atoms with E-state index in [1.54, 1.807) is 6.26 Å². The van der Waals surface area contributed by atoms with Crippen molar-refractivity contribution in [3.8, 4) is 0 Å². The molecular formula is C20H30IN5O2. The molecule has 2 heterocycles. The summed E-state index contributed by atoms with van der Waals surface area (Å²) < 4.78 is 4.90. The Labute approximate surface area is 183 Å². The molecule has 0 aliphatic carbocycles. The van der Waals surface area contributed by atoms with Gasteiger partial charge in [-0.05, 0) is 19.4 Å². The summed E-state index contributed by atoms with van der Waals surface area (Å²) in [4.78, 5) is 9.29. The fourth-order valence-corrected chi connectivity index (χ4v) is 3.16. The molecule has 1 aliphatic rings. The first kappa shape index (κ1) is 22.6. The molecule has 2 aromatic rings. The number of piperazine rings is 1. The average Bonchev–Trinajstić information content (AvgIpc) is 3.19. The monoisotopic (exact) mass is 499 g/mol. The summed E-state index contributed by atoms with van der Waals surface area (Å²) in [5.74, 6) is 0.866. The van der Waals surface area contributed by atoms with Crippen molar-refractivity contribution in [2.45, 2.75) is 26.5 Å². The Morgan fingerprint density at radius 3 is 2.54 bits per heavy atom. The summed E-state index contributed by atoms with van der Waals surface area (Å²) in [5, 5.41) is 17.8. The van der Waals surface area contributed by atoms with Crippen LogP contribution in [0.25, 0.3) is 0 Å². The second kappa shape index (κ2) is 11.4. The molecule has 0 amide bonds. The third kappa shape index (κ3) is 6.46. The Morgan fingerprint density at radius 1 is 1.21 bits per heavy atom. The van der Waals surface area contributed by atoms with Gasteiger partial charge in [0.05, 0.1) is 18.3 Å². The van der Waals surface area contributed by atoms with E-state index in [1.165, 1.54) is 5.56 Å². The summed E-state index contributed by atoms with van der Waals surface area (Å²) in [5.41, 5.74) is 3.05. The van der Waals surface area contributed by atoms with Gasteiger partial charge in [-0.15, -0.1) is 24.0 Å². The average molecular weight is 499 g/mol. The summed E-state index contributed by atoms with van der Waals surface area (Å²) in [6.45, 7) is 9.74. The highest BCUT2D eigenvalue weighted by molar-refractivity contribution is 14.0. The lowest BCUT2D eigenvalue weighted by Gasteiger charge is -2.36. The number of guanidine groups is 1. The molecule has 154 valence electrons. The van der Waals surface area contributed by atoms with E-state index in [-0.39, 0.29) is 24.0 Å². The molecule has 0 radical (unpaired) electrons. The van der Waals surface area contributed by atoms with E-state index in [4.69, 9.17) is 4.52 Å². The van der Waals surface area contributed by atoms with Crippen molar-refractivity contribution in [1.82, 2.24) is 20.3 Å². The van der Waals surface area contributed by atoms with Crippen molar-refractivity contribution in [1.29, 1.82) is 0 Å². The highest BCUT2D eigenvalue weighted by Crippen LogP contribution is 2.14. The van der Waals surface area contributed by atoms with E-state index in [9.17, 15) is 5.11 Å². The Balaban J connectivity index is 0.00000280. The molecule has 7 nitrogen and oxygen atoms in total. The van der Waals surface area contributed by atoms with Crippen LogP contribution in [0.15, 0.2) is 46.1 Å². The van der Waals surface area contributed by atoms with E-state index in [1.807, 2.05) is 37.3 Å². The van der Waals surface area contributed by atoms with Gasteiger partial charge in [-0.25, -0.2) is 0 Å². The van der Waals surface area contributed by atoms with E-state index < -0.39 is 6.10 Å². The molecule has 1 fully saturated rings. The van der Waals surface area contributed by atoms with Gasteiger partial charge >= 0.3 is 0 Å². The predicted molar refractivity (Wildman–Crippen MR) is 121 cm³/mol. The standard InChI is InChI=1S/C20H29N5O2.HI/c1-3-21-20(22-14-19(26)17-6-4-16(2)5-7-17)25-11-9-24(10-12-25)15-18-8-13-27-23-18;/h4-8,13,19,26H,3,9-12,14-15H2,1-2H3,(H,21,22);1H. The Bertz CT molecular complexity index is 713. The van der Waals surface area contributed by atoms with Crippen LogP contribution in [0.4, 0.5) is 0 Å². The molecule has 2 N–H and O–H groups in total. The molecule has 0 spiro atoms. The number of aromatic nitrogens is 1. The van der Waals surface area contributed by atoms with Crippen LogP contribution in [0.2, 0.25) is 0 Å². The smallest absolute Gasteiger partial charge is 0.194 e. The number of aliphatic imine (C=N–C) groups is 1. The maximum absolute atomic E-state index is 10.4. The number of hydrogen-bond acceptors (Lipinski definition) is 5. The molecule has 0 bridgehead atoms. The van der Waals surface area contributed by atoms with Crippen LogP contribution in [-0.4, -0.2) is 65.3 Å². The molecule has 0 saturated carbocycles. The van der Waals surface area contributed by atoms with Crippen molar-refractivity contribution < 1.29 is 9.63 Å². The Kier molecular flexibility index (Phi) is 9.20. The minimum Gasteiger partial charge on any atom is -0.386 e. The van der Waals surface area contributed by atoms with Crippen LogP contribution in [0, 0.1) is 6.92 Å². The second-order valence-corrected chi connectivity index (χ2v) is 6.88. The zero-order valence-electron chi connectivity index (χ0n) is 16.5. The number of benzene rings is 1. The SMILES string of the molecule is CCNC(=NCC(O)c1ccc(C)cc1)N1CCN(Cc2ccon2)CC1.I. The number of rotatable bonds is 6. The molecule has 28 heavy (non-hydrogen) atoms. The number of halogens is 1. The van der Waals surface area contributed by atoms with Crippen LogP contribution in [0.3, 0.4) is 0 Å². The van der Waals surface area contributed by atoms with Crippen LogP contribution in [0.5, 0.6) is 0 Å². The number of aliphatic hydroxyl groups excluding tert-OH is 1. The van der Waals surface area contributed by atoms with Gasteiger partial charge in [0.25, 0.3) is 0 Å². The van der Waals surface area contributed by atoms with Gasteiger partial charge in [0.15, 0.2) is 5.96 Å². The van der Waals surface area contributed by atoms with Crippen molar-refractivity contribution in [3.63, 3.8) is 0 Å². The van der Waals surface area contributed by atoms with Crippen molar-refractivity contribution in [3.05, 3.63) is 53.4 Å². The van der Waals surface area contributed by atoms with E-state index >= 15 is 0 Å². The normalized spacial score (nSPS) is 16.5. The van der Waals surface area contributed by atoms with E-state index in [0.29, 0.717) is 6.54 Å². The van der Waals surface area contributed by atoms with E-state index in [2.05, 4.69) is 32.2 Å². The number of aryl methyl sites for hydroxylation is 1. The van der Waals surface area contributed by atoms with Gasteiger partial charge in [-0.2, -0.15) is 0 Å². The van der Waals surface area contributed by atoms with Crippen molar-refractivity contribution >= 4 is 29.9 Å². The van der Waals surface area contributed by atoms with Crippen LogP contribution in [-0.2, 0) is 6.54 Å². The van der Waals surface area contributed by atoms with Crippen LogP contribution >= 0.6 is 24.0 Å². The Morgan fingerprint density at radius 2 is 1.93 bits per heavy atom. The minimum absolute atomic E-state index is 0. The van der Waals surface area contributed by atoms with Crippen LogP contribution in [0.1, 0.15) is 29.8 Å². The Hall–Kier alpha value is -1.65. The number of hydrogen-bond donors (Lipinski definition) is 2. The molecule has 8 heteroatoms. The summed E-state index contributed by atoms with van der Waals surface area (Å²) in [6.07, 6.45) is 1.02. The molecule has 1 aromatic heterocycles. The minimum atomic E-state index is -0.590. The van der Waals surface area contributed by atoms with Crippen molar-refractivity contribution in [2.24, 2.45) is 4.99 Å². The first-order valence-corrected chi connectivity index (χ1v) is 9.55. The van der Waals surface area contributed by atoms with Gasteiger partial charge in [-0.1, -0.05) is 35.0 Å². The third-order valence-corrected chi connectivity index (χ3v) is 4.76. The number of nitrogens with one attached hydrogen (secondary N) is 1. The maximum atomic E-state index is 10.4. The third-order valence-electron chi connectivity index (χ3n) is 4.76. The van der Waals surface area contributed by atoms with Gasteiger partial charge in [0.1, 0.15) is 6.26 Å². The summed E-state index contributed by atoms with van der Waals surface area (Å²) >= 11 is 0. The molecule has 1 aromatic carbocycles. The lowest BCUT2D eigenvalue weighted by molar-refractivity contribution is 0.166. The molecule has 1 atom stereocenters. The molecular weight excluding hydrogens is 469 g/mol. The molecule has 1 unspecified atom stereocenters. The van der Waals surface area contributed by atoms with Crippen molar-refractivity contribution in [2.75, 3.05) is 39.3 Å². The van der Waals surface area contributed by atoms with E-state index in [0.717, 1.165) is 56.5 Å². The van der Waals surface area contributed by atoms with Gasteiger partial charge < -0.3 is 19.8 Å². The lowest BCUT2D eigenvalue weighted by Crippen LogP contribution is -2.52. The zero-order chi connectivity index (χ0) is 19.1. The number of aliphatic hydroxyl groups is 1. The highest BCUT2D eigenvalue weighted by Gasteiger charge is 2.20. The highest BCUT2D eigenvalue weighted by atomic mass is 127. The predicted octanol–water partition coefficient (Wildman–Crippen LogP) is 2.42. The largest absolute Gasteiger partial charge is 0.386 e. The molecule has 1 aliphatic heterocycles. The lowest BCUT2D eigenvalue weighted by atomic mass is 10.1. The summed E-state index contributed by atoms with van der Waals surface area (Å²) in [6, 6.07) is 9.86. The fourth-order valence-electron chi connectivity index (χ4n) is 3.16. The maximum Gasteiger partial charge on any atom is 0.194 e. The first-order valence-electron chi connectivity index (χ1n) is 9.55. The topological polar surface area (TPSA) is 77.1 Å².